The van der Waals surface area contributed by atoms with Crippen LogP contribution in [0, 0.1) is 0 Å². The summed E-state index contributed by atoms with van der Waals surface area (Å²) >= 11 is 0. The molecule has 1 atom stereocenters. The zero-order valence-corrected chi connectivity index (χ0v) is 11.5. The Balaban J connectivity index is 1.87. The van der Waals surface area contributed by atoms with E-state index in [0.29, 0.717) is 0 Å². The zero-order chi connectivity index (χ0) is 14.5. The van der Waals surface area contributed by atoms with E-state index in [2.05, 4.69) is 15.6 Å². The normalized spacial score (nSPS) is 27.1. The van der Waals surface area contributed by atoms with Gasteiger partial charge in [-0.25, -0.2) is 18.2 Å². The molecule has 2 aliphatic heterocycles. The Morgan fingerprint density at radius 1 is 1.40 bits per heavy atom. The lowest BCUT2D eigenvalue weighted by atomic mass is 10.00. The van der Waals surface area contributed by atoms with E-state index in [0.717, 1.165) is 0 Å². The third-order valence-corrected chi connectivity index (χ3v) is 5.27. The fourth-order valence-electron chi connectivity index (χ4n) is 2.45. The van der Waals surface area contributed by atoms with Crippen LogP contribution in [0.1, 0.15) is 6.42 Å². The summed E-state index contributed by atoms with van der Waals surface area (Å²) in [6.07, 6.45) is 3.03. The average Bonchev–Trinajstić information content (AvgIpc) is 3.02. The van der Waals surface area contributed by atoms with Gasteiger partial charge in [0, 0.05) is 26.3 Å². The summed E-state index contributed by atoms with van der Waals surface area (Å²) in [5.74, 6) is -0.485. The Bertz CT molecular complexity index is 696. The van der Waals surface area contributed by atoms with Crippen molar-refractivity contribution in [3.8, 4) is 0 Å². The Labute approximate surface area is 115 Å². The summed E-state index contributed by atoms with van der Waals surface area (Å²) in [4.78, 5) is 26.8. The molecule has 0 radical (unpaired) electrons. The topological polar surface area (TPSA) is 113 Å². The Kier molecular flexibility index (Phi) is 2.63. The third kappa shape index (κ3) is 1.79. The van der Waals surface area contributed by atoms with Crippen LogP contribution in [-0.2, 0) is 21.9 Å². The number of aryl methyl sites for hydroxylation is 1. The molecule has 20 heavy (non-hydrogen) atoms. The highest BCUT2D eigenvalue weighted by molar-refractivity contribution is 7.89. The second-order valence-electron chi connectivity index (χ2n) is 4.96. The smallest absolute Gasteiger partial charge is 0.322 e. The molecule has 1 aromatic rings. The molecule has 0 saturated carbocycles. The maximum atomic E-state index is 12.4. The zero-order valence-electron chi connectivity index (χ0n) is 10.7. The quantitative estimate of drug-likeness (QED) is 0.638. The van der Waals surface area contributed by atoms with Crippen LogP contribution in [0.2, 0.25) is 0 Å². The van der Waals surface area contributed by atoms with Crippen molar-refractivity contribution < 1.29 is 18.0 Å². The molecule has 3 heterocycles. The van der Waals surface area contributed by atoms with Crippen molar-refractivity contribution in [1.29, 1.82) is 0 Å². The van der Waals surface area contributed by atoms with Crippen LogP contribution < -0.4 is 10.6 Å². The Hall–Kier alpha value is -1.94. The van der Waals surface area contributed by atoms with Gasteiger partial charge in [-0.3, -0.25) is 10.1 Å². The van der Waals surface area contributed by atoms with Gasteiger partial charge in [0.15, 0.2) is 5.03 Å². The van der Waals surface area contributed by atoms with E-state index in [-0.39, 0.29) is 24.5 Å². The first-order valence-corrected chi connectivity index (χ1v) is 7.39. The number of nitrogens with zero attached hydrogens (tertiary/aromatic N) is 3. The lowest BCUT2D eigenvalue weighted by Crippen LogP contribution is -2.49. The van der Waals surface area contributed by atoms with Gasteiger partial charge in [-0.1, -0.05) is 0 Å². The Morgan fingerprint density at radius 2 is 2.15 bits per heavy atom. The number of amides is 3. The van der Waals surface area contributed by atoms with Crippen molar-refractivity contribution in [2.75, 3.05) is 13.1 Å². The number of carbonyl (C=O) groups is 2. The molecule has 108 valence electrons. The molecular formula is C10H13N5O4S. The van der Waals surface area contributed by atoms with Crippen molar-refractivity contribution in [2.45, 2.75) is 17.0 Å². The summed E-state index contributed by atoms with van der Waals surface area (Å²) in [7, 11) is -2.08. The van der Waals surface area contributed by atoms with Crippen molar-refractivity contribution >= 4 is 22.0 Å². The van der Waals surface area contributed by atoms with Crippen LogP contribution in [-0.4, -0.2) is 52.8 Å². The lowest BCUT2D eigenvalue weighted by molar-refractivity contribution is -0.123. The molecule has 1 aromatic heterocycles. The molecule has 2 fully saturated rings. The molecule has 2 aliphatic rings. The van der Waals surface area contributed by atoms with E-state index in [4.69, 9.17) is 0 Å². The number of urea groups is 1. The first-order chi connectivity index (χ1) is 9.33. The van der Waals surface area contributed by atoms with Gasteiger partial charge < -0.3 is 9.88 Å². The summed E-state index contributed by atoms with van der Waals surface area (Å²) in [5.41, 5.74) is -1.15. The molecule has 2 N–H and O–H groups in total. The van der Waals surface area contributed by atoms with Crippen molar-refractivity contribution in [3.63, 3.8) is 0 Å². The predicted octanol–water partition coefficient (Wildman–Crippen LogP) is -1.61. The second-order valence-corrected chi connectivity index (χ2v) is 6.84. The van der Waals surface area contributed by atoms with E-state index < -0.39 is 27.5 Å². The number of imidazole rings is 1. The minimum Gasteiger partial charge on any atom is -0.339 e. The molecule has 3 amide bonds. The number of aromatic nitrogens is 2. The van der Waals surface area contributed by atoms with E-state index in [1.807, 2.05) is 0 Å². The number of hydrogen-bond acceptors (Lipinski definition) is 5. The van der Waals surface area contributed by atoms with E-state index in [1.165, 1.54) is 21.4 Å². The minimum atomic E-state index is -3.75. The van der Waals surface area contributed by atoms with Crippen LogP contribution in [0.5, 0.6) is 0 Å². The number of imide groups is 1. The van der Waals surface area contributed by atoms with Crippen molar-refractivity contribution in [3.05, 3.63) is 12.5 Å². The largest absolute Gasteiger partial charge is 0.339 e. The summed E-state index contributed by atoms with van der Waals surface area (Å²) in [6.45, 7) is 0.0795. The standard InChI is InChI=1S/C10H13N5O4S/c1-14-4-7(11-6-14)20(18,19)15-3-2-10(5-15)8(16)12-9(17)13-10/h4,6H,2-3,5H2,1H3,(H2,12,13,16,17). The first-order valence-electron chi connectivity index (χ1n) is 5.95. The van der Waals surface area contributed by atoms with Gasteiger partial charge in [-0.15, -0.1) is 0 Å². The number of sulfonamides is 1. The van der Waals surface area contributed by atoms with Crippen molar-refractivity contribution in [1.82, 2.24) is 24.5 Å². The molecule has 1 spiro atoms. The van der Waals surface area contributed by atoms with Crippen LogP contribution >= 0.6 is 0 Å². The minimum absolute atomic E-state index is 0.0678. The number of rotatable bonds is 2. The van der Waals surface area contributed by atoms with Gasteiger partial charge >= 0.3 is 6.03 Å². The average molecular weight is 299 g/mol. The molecule has 3 rings (SSSR count). The van der Waals surface area contributed by atoms with Gasteiger partial charge in [0.25, 0.3) is 15.9 Å². The molecular weight excluding hydrogens is 286 g/mol. The van der Waals surface area contributed by atoms with E-state index in [9.17, 15) is 18.0 Å². The maximum Gasteiger partial charge on any atom is 0.322 e. The van der Waals surface area contributed by atoms with Crippen LogP contribution in [0.3, 0.4) is 0 Å². The third-order valence-electron chi connectivity index (χ3n) is 3.53. The fourth-order valence-corrected chi connectivity index (χ4v) is 3.92. The number of hydrogen-bond donors (Lipinski definition) is 2. The molecule has 2 saturated heterocycles. The fraction of sp³-hybridized carbons (Fsp3) is 0.500. The molecule has 0 bridgehead atoms. The first kappa shape index (κ1) is 13.1. The summed E-state index contributed by atoms with van der Waals surface area (Å²) < 4.78 is 27.5. The number of carbonyl (C=O) groups excluding carboxylic acids is 2. The van der Waals surface area contributed by atoms with Gasteiger partial charge in [-0.05, 0) is 6.42 Å². The maximum absolute atomic E-state index is 12.4. The van der Waals surface area contributed by atoms with Crippen LogP contribution in [0.15, 0.2) is 17.6 Å². The van der Waals surface area contributed by atoms with E-state index in [1.54, 1.807) is 7.05 Å². The van der Waals surface area contributed by atoms with E-state index >= 15 is 0 Å². The SMILES string of the molecule is Cn1cnc(S(=O)(=O)N2CCC3(C2)NC(=O)NC3=O)c1. The van der Waals surface area contributed by atoms with Crippen LogP contribution in [0.25, 0.3) is 0 Å². The highest BCUT2D eigenvalue weighted by Gasteiger charge is 2.53. The molecule has 1 unspecified atom stereocenters. The molecule has 0 aromatic carbocycles. The van der Waals surface area contributed by atoms with Crippen LogP contribution in [0.4, 0.5) is 4.79 Å². The lowest BCUT2D eigenvalue weighted by Gasteiger charge is -2.20. The molecule has 0 aliphatic carbocycles. The Morgan fingerprint density at radius 3 is 2.70 bits per heavy atom. The summed E-state index contributed by atoms with van der Waals surface area (Å²) in [6, 6.07) is -0.591. The number of nitrogens with one attached hydrogen (secondary N) is 2. The monoisotopic (exact) mass is 299 g/mol. The highest BCUT2D eigenvalue weighted by Crippen LogP contribution is 2.28. The second kappa shape index (κ2) is 4.03. The van der Waals surface area contributed by atoms with Gasteiger partial charge in [0.2, 0.25) is 0 Å². The highest BCUT2D eigenvalue weighted by atomic mass is 32.2. The van der Waals surface area contributed by atoms with Gasteiger partial charge in [-0.2, -0.15) is 4.31 Å². The predicted molar refractivity (Wildman–Crippen MR) is 66.0 cm³/mol. The van der Waals surface area contributed by atoms with Gasteiger partial charge in [0.05, 0.1) is 6.33 Å². The summed E-state index contributed by atoms with van der Waals surface area (Å²) in [5, 5.41) is 4.57. The molecule has 10 heteroatoms. The molecule has 9 nitrogen and oxygen atoms in total. The van der Waals surface area contributed by atoms with Crippen molar-refractivity contribution in [2.24, 2.45) is 7.05 Å². The van der Waals surface area contributed by atoms with Gasteiger partial charge in [0.1, 0.15) is 5.54 Å².